The highest BCUT2D eigenvalue weighted by Crippen LogP contribution is 2.20. The lowest BCUT2D eigenvalue weighted by Crippen LogP contribution is -1.83. The SMILES string of the molecule is CCc1ccc(CCl)c(O)c1. The van der Waals surface area contributed by atoms with E-state index in [4.69, 9.17) is 11.6 Å². The van der Waals surface area contributed by atoms with Gasteiger partial charge in [-0.2, -0.15) is 0 Å². The van der Waals surface area contributed by atoms with Gasteiger partial charge in [0.1, 0.15) is 5.75 Å². The maximum atomic E-state index is 9.34. The molecule has 60 valence electrons. The van der Waals surface area contributed by atoms with Gasteiger partial charge in [-0.1, -0.05) is 19.1 Å². The lowest BCUT2D eigenvalue weighted by molar-refractivity contribution is 0.470. The van der Waals surface area contributed by atoms with Gasteiger partial charge in [0.2, 0.25) is 0 Å². The van der Waals surface area contributed by atoms with Crippen molar-refractivity contribution in [2.75, 3.05) is 0 Å². The second-order valence-electron chi connectivity index (χ2n) is 2.45. The van der Waals surface area contributed by atoms with Crippen molar-refractivity contribution < 1.29 is 5.11 Å². The number of rotatable bonds is 2. The molecule has 0 heterocycles. The maximum Gasteiger partial charge on any atom is 0.120 e. The molecule has 1 N–H and O–H groups in total. The standard InChI is InChI=1S/C9H11ClO/c1-2-7-3-4-8(6-10)9(11)5-7/h3-5,11H,2,6H2,1H3. The van der Waals surface area contributed by atoms with Crippen LogP contribution in [0.15, 0.2) is 18.2 Å². The second kappa shape index (κ2) is 3.63. The fraction of sp³-hybridized carbons (Fsp3) is 0.333. The molecule has 0 unspecified atom stereocenters. The number of phenolic OH excluding ortho intramolecular Hbond substituents is 1. The lowest BCUT2D eigenvalue weighted by atomic mass is 10.1. The van der Waals surface area contributed by atoms with Crippen LogP contribution in [0.5, 0.6) is 5.75 Å². The zero-order chi connectivity index (χ0) is 8.27. The topological polar surface area (TPSA) is 20.2 Å². The molecule has 0 fully saturated rings. The summed E-state index contributed by atoms with van der Waals surface area (Å²) in [6.07, 6.45) is 0.941. The Morgan fingerprint density at radius 2 is 2.18 bits per heavy atom. The molecular formula is C9H11ClO. The molecule has 1 nitrogen and oxygen atoms in total. The molecule has 0 aliphatic rings. The Balaban J connectivity index is 2.99. The molecule has 0 saturated carbocycles. The zero-order valence-corrected chi connectivity index (χ0v) is 7.23. The third-order valence-electron chi connectivity index (χ3n) is 1.70. The number of aryl methyl sites for hydroxylation is 1. The van der Waals surface area contributed by atoms with Gasteiger partial charge < -0.3 is 5.11 Å². The van der Waals surface area contributed by atoms with E-state index in [9.17, 15) is 5.11 Å². The average Bonchev–Trinajstić information content (AvgIpc) is 2.04. The first kappa shape index (κ1) is 8.41. The quantitative estimate of drug-likeness (QED) is 0.677. The summed E-state index contributed by atoms with van der Waals surface area (Å²) < 4.78 is 0. The largest absolute Gasteiger partial charge is 0.508 e. The van der Waals surface area contributed by atoms with Crippen LogP contribution >= 0.6 is 11.6 Å². The average molecular weight is 171 g/mol. The molecule has 0 amide bonds. The van der Waals surface area contributed by atoms with Crippen LogP contribution in [0.25, 0.3) is 0 Å². The van der Waals surface area contributed by atoms with Crippen LogP contribution in [-0.2, 0) is 12.3 Å². The molecule has 0 aliphatic heterocycles. The monoisotopic (exact) mass is 170 g/mol. The van der Waals surface area contributed by atoms with Crippen molar-refractivity contribution in [1.29, 1.82) is 0 Å². The van der Waals surface area contributed by atoms with Crippen molar-refractivity contribution in [1.82, 2.24) is 0 Å². The number of alkyl halides is 1. The molecule has 0 saturated heterocycles. The predicted octanol–water partition coefficient (Wildman–Crippen LogP) is 2.69. The van der Waals surface area contributed by atoms with Crippen LogP contribution in [0.3, 0.4) is 0 Å². The molecule has 0 aromatic heterocycles. The minimum Gasteiger partial charge on any atom is -0.508 e. The fourth-order valence-corrected chi connectivity index (χ4v) is 1.17. The second-order valence-corrected chi connectivity index (χ2v) is 2.72. The van der Waals surface area contributed by atoms with E-state index in [1.165, 1.54) is 0 Å². The number of benzene rings is 1. The molecule has 0 bridgehead atoms. The van der Waals surface area contributed by atoms with Crippen LogP contribution < -0.4 is 0 Å². The van der Waals surface area contributed by atoms with Crippen LogP contribution in [0.4, 0.5) is 0 Å². The molecule has 1 aromatic carbocycles. The minimum atomic E-state index is 0.305. The van der Waals surface area contributed by atoms with Crippen molar-refractivity contribution in [2.45, 2.75) is 19.2 Å². The Kier molecular flexibility index (Phi) is 2.77. The molecule has 0 radical (unpaired) electrons. The Hall–Kier alpha value is -0.690. The van der Waals surface area contributed by atoms with Gasteiger partial charge in [-0.3, -0.25) is 0 Å². The molecule has 0 spiro atoms. The highest BCUT2D eigenvalue weighted by atomic mass is 35.5. The molecule has 0 aliphatic carbocycles. The van der Waals surface area contributed by atoms with Gasteiger partial charge in [-0.15, -0.1) is 11.6 Å². The zero-order valence-electron chi connectivity index (χ0n) is 6.47. The van der Waals surface area contributed by atoms with Crippen LogP contribution in [-0.4, -0.2) is 5.11 Å². The molecule has 0 atom stereocenters. The van der Waals surface area contributed by atoms with Crippen molar-refractivity contribution in [3.8, 4) is 5.75 Å². The third kappa shape index (κ3) is 1.87. The summed E-state index contributed by atoms with van der Waals surface area (Å²) in [5, 5.41) is 9.34. The third-order valence-corrected chi connectivity index (χ3v) is 1.99. The molecular weight excluding hydrogens is 160 g/mol. The van der Waals surface area contributed by atoms with Crippen molar-refractivity contribution >= 4 is 11.6 Å². The molecule has 2 heteroatoms. The Labute approximate surface area is 71.6 Å². The lowest BCUT2D eigenvalue weighted by Gasteiger charge is -2.01. The van der Waals surface area contributed by atoms with Gasteiger partial charge in [0.25, 0.3) is 0 Å². The van der Waals surface area contributed by atoms with E-state index < -0.39 is 0 Å². The Morgan fingerprint density at radius 3 is 2.64 bits per heavy atom. The summed E-state index contributed by atoms with van der Waals surface area (Å²) >= 11 is 5.57. The number of hydrogen-bond donors (Lipinski definition) is 1. The van der Waals surface area contributed by atoms with E-state index >= 15 is 0 Å². The molecule has 11 heavy (non-hydrogen) atoms. The molecule has 1 rings (SSSR count). The molecule has 1 aromatic rings. The smallest absolute Gasteiger partial charge is 0.120 e. The summed E-state index contributed by atoms with van der Waals surface area (Å²) in [5.74, 6) is 0.676. The highest BCUT2D eigenvalue weighted by Gasteiger charge is 1.98. The summed E-state index contributed by atoms with van der Waals surface area (Å²) in [7, 11) is 0. The van der Waals surface area contributed by atoms with Crippen molar-refractivity contribution in [3.05, 3.63) is 29.3 Å². The number of phenols is 1. The fourth-order valence-electron chi connectivity index (χ4n) is 0.942. The van der Waals surface area contributed by atoms with E-state index in [-0.39, 0.29) is 0 Å². The maximum absolute atomic E-state index is 9.34. The van der Waals surface area contributed by atoms with Crippen LogP contribution in [0, 0.1) is 0 Å². The highest BCUT2D eigenvalue weighted by molar-refractivity contribution is 6.17. The number of halogens is 1. The van der Waals surface area contributed by atoms with E-state index in [0.717, 1.165) is 17.5 Å². The van der Waals surface area contributed by atoms with Gasteiger partial charge >= 0.3 is 0 Å². The normalized spacial score (nSPS) is 10.0. The van der Waals surface area contributed by atoms with Gasteiger partial charge in [0, 0.05) is 5.56 Å². The minimum absolute atomic E-state index is 0.305. The first-order chi connectivity index (χ1) is 5.27. The van der Waals surface area contributed by atoms with Crippen molar-refractivity contribution in [2.24, 2.45) is 0 Å². The summed E-state index contributed by atoms with van der Waals surface area (Å²) in [4.78, 5) is 0. The van der Waals surface area contributed by atoms with E-state index in [0.29, 0.717) is 11.6 Å². The Morgan fingerprint density at radius 1 is 1.45 bits per heavy atom. The van der Waals surface area contributed by atoms with E-state index in [1.807, 2.05) is 12.1 Å². The van der Waals surface area contributed by atoms with Gasteiger partial charge in [0.05, 0.1) is 5.88 Å². The predicted molar refractivity (Wildman–Crippen MR) is 47.0 cm³/mol. The Bertz CT molecular complexity index is 245. The summed E-state index contributed by atoms with van der Waals surface area (Å²) in [6.45, 7) is 2.05. The van der Waals surface area contributed by atoms with E-state index in [2.05, 4.69) is 6.92 Å². The van der Waals surface area contributed by atoms with Gasteiger partial charge in [0.15, 0.2) is 0 Å². The van der Waals surface area contributed by atoms with Crippen LogP contribution in [0.1, 0.15) is 18.1 Å². The summed E-state index contributed by atoms with van der Waals surface area (Å²) in [6, 6.07) is 5.61. The van der Waals surface area contributed by atoms with Crippen molar-refractivity contribution in [3.63, 3.8) is 0 Å². The first-order valence-electron chi connectivity index (χ1n) is 3.64. The van der Waals surface area contributed by atoms with Crippen LogP contribution in [0.2, 0.25) is 0 Å². The number of hydrogen-bond acceptors (Lipinski definition) is 1. The van der Waals surface area contributed by atoms with Gasteiger partial charge in [-0.25, -0.2) is 0 Å². The number of aromatic hydroxyl groups is 1. The van der Waals surface area contributed by atoms with Gasteiger partial charge in [-0.05, 0) is 18.1 Å². The first-order valence-corrected chi connectivity index (χ1v) is 4.18. The van der Waals surface area contributed by atoms with E-state index in [1.54, 1.807) is 6.07 Å². The summed E-state index contributed by atoms with van der Waals surface area (Å²) in [5.41, 5.74) is 1.93.